The summed E-state index contributed by atoms with van der Waals surface area (Å²) in [5.41, 5.74) is 0.993. The Bertz CT molecular complexity index is 642. The molecule has 1 unspecified atom stereocenters. The van der Waals surface area contributed by atoms with Gasteiger partial charge in [0, 0.05) is 30.1 Å². The highest BCUT2D eigenvalue weighted by Gasteiger charge is 2.15. The summed E-state index contributed by atoms with van der Waals surface area (Å²) in [6, 6.07) is 6.70. The lowest BCUT2D eigenvalue weighted by Crippen LogP contribution is -2.10. The third-order valence-electron chi connectivity index (χ3n) is 3.25. The van der Waals surface area contributed by atoms with Gasteiger partial charge in [-0.05, 0) is 17.9 Å². The summed E-state index contributed by atoms with van der Waals surface area (Å²) >= 11 is 1.33. The minimum atomic E-state index is -0.373. The van der Waals surface area contributed by atoms with Gasteiger partial charge in [0.1, 0.15) is 5.82 Å². The van der Waals surface area contributed by atoms with Crippen LogP contribution in [0.2, 0.25) is 0 Å². The largest absolute Gasteiger partial charge is 0.353 e. The van der Waals surface area contributed by atoms with Crippen molar-refractivity contribution in [1.82, 2.24) is 9.36 Å². The zero-order chi connectivity index (χ0) is 16.1. The molecular formula is C15H20N4O2S. The van der Waals surface area contributed by atoms with Crippen LogP contribution in [0.4, 0.5) is 10.8 Å². The Kier molecular flexibility index (Phi) is 5.43. The van der Waals surface area contributed by atoms with Gasteiger partial charge in [0.25, 0.3) is 5.69 Å². The molecule has 2 rings (SSSR count). The van der Waals surface area contributed by atoms with Crippen molar-refractivity contribution in [1.29, 1.82) is 0 Å². The molecular weight excluding hydrogens is 300 g/mol. The molecule has 0 saturated carbocycles. The van der Waals surface area contributed by atoms with Gasteiger partial charge >= 0.3 is 0 Å². The molecule has 1 heterocycles. The first-order valence-corrected chi connectivity index (χ1v) is 8.10. The van der Waals surface area contributed by atoms with Gasteiger partial charge in [-0.3, -0.25) is 10.1 Å². The van der Waals surface area contributed by atoms with E-state index < -0.39 is 0 Å². The molecule has 0 spiro atoms. The molecule has 1 atom stereocenters. The molecule has 7 heteroatoms. The van der Waals surface area contributed by atoms with Gasteiger partial charge in [-0.2, -0.15) is 4.37 Å². The zero-order valence-corrected chi connectivity index (χ0v) is 13.8. The predicted octanol–water partition coefficient (Wildman–Crippen LogP) is 4.21. The van der Waals surface area contributed by atoms with Crippen molar-refractivity contribution in [2.75, 3.05) is 5.32 Å². The second kappa shape index (κ2) is 7.31. The Labute approximate surface area is 133 Å². The molecule has 118 valence electrons. The van der Waals surface area contributed by atoms with E-state index in [1.165, 1.54) is 17.6 Å². The van der Waals surface area contributed by atoms with Crippen LogP contribution < -0.4 is 5.32 Å². The van der Waals surface area contributed by atoms with Crippen molar-refractivity contribution in [3.05, 3.63) is 45.8 Å². The SMILES string of the molecule is CCC(Nc1nc(CC(C)C)ns1)c1cccc([N+](=O)[O-])c1. The van der Waals surface area contributed by atoms with Gasteiger partial charge in [-0.1, -0.05) is 32.9 Å². The first-order valence-electron chi connectivity index (χ1n) is 7.33. The molecule has 6 nitrogen and oxygen atoms in total. The molecule has 22 heavy (non-hydrogen) atoms. The number of hydrogen-bond acceptors (Lipinski definition) is 6. The summed E-state index contributed by atoms with van der Waals surface area (Å²) in [6.45, 7) is 6.30. The fourth-order valence-corrected chi connectivity index (χ4v) is 2.83. The first kappa shape index (κ1) is 16.4. The predicted molar refractivity (Wildman–Crippen MR) is 88.2 cm³/mol. The number of nitrogens with zero attached hydrogens (tertiary/aromatic N) is 3. The van der Waals surface area contributed by atoms with Crippen molar-refractivity contribution in [2.45, 2.75) is 39.7 Å². The quantitative estimate of drug-likeness (QED) is 0.610. The number of rotatable bonds is 7. The number of benzene rings is 1. The molecule has 0 fully saturated rings. The van der Waals surface area contributed by atoms with Crippen LogP contribution in [0.5, 0.6) is 0 Å². The van der Waals surface area contributed by atoms with Gasteiger partial charge in [0.05, 0.1) is 11.0 Å². The monoisotopic (exact) mass is 320 g/mol. The van der Waals surface area contributed by atoms with Crippen LogP contribution in [-0.4, -0.2) is 14.3 Å². The molecule has 1 N–H and O–H groups in total. The molecule has 0 aliphatic heterocycles. The fraction of sp³-hybridized carbons (Fsp3) is 0.467. The summed E-state index contributed by atoms with van der Waals surface area (Å²) in [6.07, 6.45) is 1.66. The third kappa shape index (κ3) is 4.24. The lowest BCUT2D eigenvalue weighted by Gasteiger charge is -2.16. The number of nitro benzene ring substituents is 1. The van der Waals surface area contributed by atoms with Gasteiger partial charge in [0.15, 0.2) is 0 Å². The zero-order valence-electron chi connectivity index (χ0n) is 12.9. The summed E-state index contributed by atoms with van der Waals surface area (Å²) in [5.74, 6) is 1.36. The topological polar surface area (TPSA) is 81.0 Å². The van der Waals surface area contributed by atoms with Gasteiger partial charge in [0.2, 0.25) is 5.13 Å². The highest BCUT2D eigenvalue weighted by molar-refractivity contribution is 7.09. The number of non-ortho nitro benzene ring substituents is 1. The van der Waals surface area contributed by atoms with Gasteiger partial charge in [-0.15, -0.1) is 0 Å². The number of aromatic nitrogens is 2. The van der Waals surface area contributed by atoms with Crippen molar-refractivity contribution in [3.63, 3.8) is 0 Å². The summed E-state index contributed by atoms with van der Waals surface area (Å²) < 4.78 is 4.34. The number of hydrogen-bond donors (Lipinski definition) is 1. The van der Waals surface area contributed by atoms with E-state index in [0.717, 1.165) is 29.4 Å². The number of nitrogens with one attached hydrogen (secondary N) is 1. The smallest absolute Gasteiger partial charge is 0.269 e. The van der Waals surface area contributed by atoms with E-state index in [1.807, 2.05) is 13.0 Å². The molecule has 0 aliphatic carbocycles. The number of anilines is 1. The van der Waals surface area contributed by atoms with Crippen molar-refractivity contribution in [3.8, 4) is 0 Å². The Morgan fingerprint density at radius 3 is 2.82 bits per heavy atom. The molecule has 0 saturated heterocycles. The van der Waals surface area contributed by atoms with E-state index in [1.54, 1.807) is 12.1 Å². The second-order valence-corrected chi connectivity index (χ2v) is 6.32. The average Bonchev–Trinajstić information content (AvgIpc) is 2.91. The van der Waals surface area contributed by atoms with Crippen molar-refractivity contribution < 1.29 is 4.92 Å². The fourth-order valence-electron chi connectivity index (χ4n) is 2.19. The Balaban J connectivity index is 2.13. The Hall–Kier alpha value is -2.02. The summed E-state index contributed by atoms with van der Waals surface area (Å²) in [7, 11) is 0. The van der Waals surface area contributed by atoms with E-state index in [-0.39, 0.29) is 16.7 Å². The van der Waals surface area contributed by atoms with Crippen LogP contribution in [0.15, 0.2) is 24.3 Å². The summed E-state index contributed by atoms with van der Waals surface area (Å²) in [5, 5.41) is 15.0. The third-order valence-corrected chi connectivity index (χ3v) is 3.93. The maximum Gasteiger partial charge on any atom is 0.269 e. The minimum absolute atomic E-state index is 0.0141. The standard InChI is InChI=1S/C15H20N4O2S/c1-4-13(11-6-5-7-12(9-11)19(20)21)16-15-17-14(18-22-15)8-10(2)3/h5-7,9-10,13H,4,8H2,1-3H3,(H,16,17,18). The molecule has 1 aromatic heterocycles. The maximum absolute atomic E-state index is 10.9. The minimum Gasteiger partial charge on any atom is -0.353 e. The summed E-state index contributed by atoms with van der Waals surface area (Å²) in [4.78, 5) is 15.0. The highest BCUT2D eigenvalue weighted by Crippen LogP contribution is 2.26. The van der Waals surface area contributed by atoms with E-state index in [9.17, 15) is 10.1 Å². The normalized spacial score (nSPS) is 12.4. The lowest BCUT2D eigenvalue weighted by atomic mass is 10.0. The van der Waals surface area contributed by atoms with Gasteiger partial charge < -0.3 is 5.32 Å². The second-order valence-electron chi connectivity index (χ2n) is 5.57. The molecule has 1 aromatic carbocycles. The van der Waals surface area contributed by atoms with Crippen LogP contribution in [0.1, 0.15) is 44.6 Å². The van der Waals surface area contributed by atoms with Crippen LogP contribution in [0.25, 0.3) is 0 Å². The molecule has 0 bridgehead atoms. The molecule has 2 aromatic rings. The van der Waals surface area contributed by atoms with Crippen LogP contribution >= 0.6 is 11.5 Å². The van der Waals surface area contributed by atoms with E-state index in [2.05, 4.69) is 28.5 Å². The van der Waals surface area contributed by atoms with Crippen LogP contribution in [0, 0.1) is 16.0 Å². The average molecular weight is 320 g/mol. The molecule has 0 amide bonds. The lowest BCUT2D eigenvalue weighted by molar-refractivity contribution is -0.384. The highest BCUT2D eigenvalue weighted by atomic mass is 32.1. The van der Waals surface area contributed by atoms with E-state index in [4.69, 9.17) is 0 Å². The maximum atomic E-state index is 10.9. The van der Waals surface area contributed by atoms with Crippen molar-refractivity contribution in [2.24, 2.45) is 5.92 Å². The molecule has 0 radical (unpaired) electrons. The Morgan fingerprint density at radius 1 is 1.41 bits per heavy atom. The molecule has 0 aliphatic rings. The van der Waals surface area contributed by atoms with Gasteiger partial charge in [-0.25, -0.2) is 4.98 Å². The van der Waals surface area contributed by atoms with E-state index >= 15 is 0 Å². The Morgan fingerprint density at radius 2 is 2.18 bits per heavy atom. The van der Waals surface area contributed by atoms with Crippen LogP contribution in [0.3, 0.4) is 0 Å². The van der Waals surface area contributed by atoms with Crippen LogP contribution in [-0.2, 0) is 6.42 Å². The first-order chi connectivity index (χ1) is 10.5. The number of nitro groups is 1. The van der Waals surface area contributed by atoms with Crippen molar-refractivity contribution >= 4 is 22.4 Å². The van der Waals surface area contributed by atoms with E-state index in [0.29, 0.717) is 5.92 Å².